The maximum Gasteiger partial charge on any atom is 0.410 e. The molecule has 2 heterocycles. The smallest absolute Gasteiger partial charge is 0.410 e. The Labute approximate surface area is 169 Å². The molecular weight excluding hydrogens is 416 g/mol. The molecule has 0 bridgehead atoms. The summed E-state index contributed by atoms with van der Waals surface area (Å²) in [6.07, 6.45) is 1.27. The molecule has 2 aromatic heterocycles. The first-order valence-corrected chi connectivity index (χ1v) is 9.98. The van der Waals surface area contributed by atoms with Crippen LogP contribution in [0.25, 0.3) is 22.0 Å². The number of aromatic nitrogens is 2. The van der Waals surface area contributed by atoms with Crippen LogP contribution in [0.3, 0.4) is 0 Å². The number of hydrogen-bond acceptors (Lipinski definition) is 4. The van der Waals surface area contributed by atoms with Gasteiger partial charge in [0, 0.05) is 35.0 Å². The molecule has 0 spiro atoms. The fourth-order valence-electron chi connectivity index (χ4n) is 3.06. The summed E-state index contributed by atoms with van der Waals surface area (Å²) in [7, 11) is -4.09. The second kappa shape index (κ2) is 7.23. The standard InChI is InChI=1S/C20H13F2N3O4S/c21-16-8-14-15(12-6-7-19(23-10-12)24-20(26)27)11-25(18(14)9-17(16)22)30(28,29)13-4-2-1-3-5-13/h1-11H,(H,23,24)(H,26,27). The van der Waals surface area contributed by atoms with Gasteiger partial charge < -0.3 is 5.11 Å². The highest BCUT2D eigenvalue weighted by Gasteiger charge is 2.23. The van der Waals surface area contributed by atoms with Crippen molar-refractivity contribution in [3.05, 3.63) is 78.6 Å². The van der Waals surface area contributed by atoms with Crippen LogP contribution >= 0.6 is 0 Å². The van der Waals surface area contributed by atoms with E-state index in [2.05, 4.69) is 10.3 Å². The fourth-order valence-corrected chi connectivity index (χ4v) is 4.44. The van der Waals surface area contributed by atoms with Crippen molar-refractivity contribution in [1.29, 1.82) is 0 Å². The molecule has 0 fully saturated rings. The van der Waals surface area contributed by atoms with Crippen LogP contribution in [0.4, 0.5) is 19.4 Å². The van der Waals surface area contributed by atoms with Gasteiger partial charge in [-0.05, 0) is 30.3 Å². The number of halogens is 2. The molecule has 0 saturated heterocycles. The summed E-state index contributed by atoms with van der Waals surface area (Å²) in [5.74, 6) is -2.25. The largest absolute Gasteiger partial charge is 0.465 e. The molecular formula is C20H13F2N3O4S. The van der Waals surface area contributed by atoms with Gasteiger partial charge in [-0.1, -0.05) is 18.2 Å². The number of fused-ring (bicyclic) bond motifs is 1. The number of hydrogen-bond donors (Lipinski definition) is 2. The van der Waals surface area contributed by atoms with E-state index in [-0.39, 0.29) is 27.2 Å². The maximum atomic E-state index is 14.0. The predicted molar refractivity (Wildman–Crippen MR) is 106 cm³/mol. The van der Waals surface area contributed by atoms with E-state index in [1.54, 1.807) is 18.2 Å². The summed E-state index contributed by atoms with van der Waals surface area (Å²) in [6.45, 7) is 0. The Kier molecular flexibility index (Phi) is 4.70. The van der Waals surface area contributed by atoms with Crippen LogP contribution in [0.5, 0.6) is 0 Å². The van der Waals surface area contributed by atoms with Gasteiger partial charge in [0.25, 0.3) is 10.0 Å². The van der Waals surface area contributed by atoms with Crippen LogP contribution in [0.2, 0.25) is 0 Å². The molecule has 10 heteroatoms. The lowest BCUT2D eigenvalue weighted by Crippen LogP contribution is -2.11. The summed E-state index contributed by atoms with van der Waals surface area (Å²) in [4.78, 5) is 14.7. The SMILES string of the molecule is O=C(O)Nc1ccc(-c2cn(S(=O)(=O)c3ccccc3)c3cc(F)c(F)cc23)cn1. The highest BCUT2D eigenvalue weighted by atomic mass is 32.2. The van der Waals surface area contributed by atoms with Gasteiger partial charge in [-0.25, -0.2) is 30.9 Å². The Morgan fingerprint density at radius 2 is 1.73 bits per heavy atom. The van der Waals surface area contributed by atoms with Gasteiger partial charge in [0.15, 0.2) is 11.6 Å². The molecule has 1 amide bonds. The van der Waals surface area contributed by atoms with E-state index in [9.17, 15) is 22.0 Å². The van der Waals surface area contributed by atoms with Crippen LogP contribution in [0.1, 0.15) is 0 Å². The van der Waals surface area contributed by atoms with Crippen molar-refractivity contribution in [2.75, 3.05) is 5.32 Å². The van der Waals surface area contributed by atoms with Gasteiger partial charge in [0.2, 0.25) is 0 Å². The Morgan fingerprint density at radius 1 is 1.03 bits per heavy atom. The molecule has 0 radical (unpaired) electrons. The predicted octanol–water partition coefficient (Wildman–Crippen LogP) is 4.31. The number of rotatable bonds is 4. The number of nitrogens with one attached hydrogen (secondary N) is 1. The van der Waals surface area contributed by atoms with Gasteiger partial charge in [0.05, 0.1) is 10.4 Å². The highest BCUT2D eigenvalue weighted by molar-refractivity contribution is 7.90. The molecule has 2 N–H and O–H groups in total. The van der Waals surface area contributed by atoms with Crippen LogP contribution in [0.15, 0.2) is 71.9 Å². The third-order valence-corrected chi connectivity index (χ3v) is 6.11. The first kappa shape index (κ1) is 19.5. The first-order chi connectivity index (χ1) is 14.3. The number of pyridine rings is 1. The van der Waals surface area contributed by atoms with Gasteiger partial charge in [-0.15, -0.1) is 0 Å². The number of carboxylic acid groups (broad SMARTS) is 1. The third-order valence-electron chi connectivity index (χ3n) is 4.42. The summed E-state index contributed by atoms with van der Waals surface area (Å²) in [5.41, 5.74) is 0.641. The van der Waals surface area contributed by atoms with E-state index < -0.39 is 27.8 Å². The molecule has 2 aromatic carbocycles. The minimum absolute atomic E-state index is 0.0164. The molecule has 0 unspecified atom stereocenters. The number of carbonyl (C=O) groups is 1. The van der Waals surface area contributed by atoms with Crippen molar-refractivity contribution in [3.63, 3.8) is 0 Å². The summed E-state index contributed by atoms with van der Waals surface area (Å²) < 4.78 is 55.0. The van der Waals surface area contributed by atoms with Crippen LogP contribution in [-0.2, 0) is 10.0 Å². The lowest BCUT2D eigenvalue weighted by atomic mass is 10.1. The molecule has 152 valence electrons. The quantitative estimate of drug-likeness (QED) is 0.503. The molecule has 4 aromatic rings. The van der Waals surface area contributed by atoms with Crippen molar-refractivity contribution < 1.29 is 27.1 Å². The van der Waals surface area contributed by atoms with Crippen LogP contribution in [-0.4, -0.2) is 28.6 Å². The Bertz CT molecular complexity index is 1370. The summed E-state index contributed by atoms with van der Waals surface area (Å²) in [5, 5.41) is 11.0. The van der Waals surface area contributed by atoms with Crippen molar-refractivity contribution in [1.82, 2.24) is 8.96 Å². The topological polar surface area (TPSA) is 101 Å². The van der Waals surface area contributed by atoms with Crippen molar-refractivity contribution in [2.24, 2.45) is 0 Å². The molecule has 7 nitrogen and oxygen atoms in total. The Morgan fingerprint density at radius 3 is 2.37 bits per heavy atom. The van der Waals surface area contributed by atoms with Gasteiger partial charge in [0.1, 0.15) is 5.82 Å². The number of anilines is 1. The number of nitrogens with zero attached hydrogens (tertiary/aromatic N) is 2. The zero-order chi connectivity index (χ0) is 21.5. The molecule has 0 aliphatic heterocycles. The monoisotopic (exact) mass is 429 g/mol. The summed E-state index contributed by atoms with van der Waals surface area (Å²) >= 11 is 0. The Balaban J connectivity index is 1.94. The maximum absolute atomic E-state index is 14.0. The molecule has 4 rings (SSSR count). The molecule has 0 saturated carbocycles. The minimum atomic E-state index is -4.09. The lowest BCUT2D eigenvalue weighted by molar-refractivity contribution is 0.209. The van der Waals surface area contributed by atoms with Gasteiger partial charge in [-0.3, -0.25) is 5.32 Å². The van der Waals surface area contributed by atoms with E-state index >= 15 is 0 Å². The fraction of sp³-hybridized carbons (Fsp3) is 0. The second-order valence-corrected chi connectivity index (χ2v) is 8.12. The van der Waals surface area contributed by atoms with Gasteiger partial charge >= 0.3 is 6.09 Å². The first-order valence-electron chi connectivity index (χ1n) is 8.54. The van der Waals surface area contributed by atoms with Crippen molar-refractivity contribution in [2.45, 2.75) is 4.90 Å². The molecule has 30 heavy (non-hydrogen) atoms. The lowest BCUT2D eigenvalue weighted by Gasteiger charge is -2.07. The number of amides is 1. The average molecular weight is 429 g/mol. The third kappa shape index (κ3) is 3.37. The second-order valence-electron chi connectivity index (χ2n) is 6.30. The molecule has 0 atom stereocenters. The highest BCUT2D eigenvalue weighted by Crippen LogP contribution is 2.34. The Hall–Kier alpha value is -3.79. The number of benzene rings is 2. The molecule has 0 aliphatic carbocycles. The van der Waals surface area contributed by atoms with Gasteiger partial charge in [-0.2, -0.15) is 0 Å². The van der Waals surface area contributed by atoms with Crippen LogP contribution in [0, 0.1) is 11.6 Å². The van der Waals surface area contributed by atoms with E-state index in [4.69, 9.17) is 5.11 Å². The molecule has 0 aliphatic rings. The van der Waals surface area contributed by atoms with E-state index in [0.717, 1.165) is 16.1 Å². The van der Waals surface area contributed by atoms with E-state index in [1.165, 1.54) is 36.7 Å². The summed E-state index contributed by atoms with van der Waals surface area (Å²) in [6, 6.07) is 12.2. The van der Waals surface area contributed by atoms with E-state index in [1.807, 2.05) is 0 Å². The van der Waals surface area contributed by atoms with Crippen LogP contribution < -0.4 is 5.32 Å². The van der Waals surface area contributed by atoms with Crippen molar-refractivity contribution in [3.8, 4) is 11.1 Å². The zero-order valence-corrected chi connectivity index (χ0v) is 15.9. The van der Waals surface area contributed by atoms with Crippen molar-refractivity contribution >= 4 is 32.8 Å². The average Bonchev–Trinajstić information content (AvgIpc) is 3.08. The normalized spacial score (nSPS) is 11.5. The minimum Gasteiger partial charge on any atom is -0.465 e. The zero-order valence-electron chi connectivity index (χ0n) is 15.1. The van der Waals surface area contributed by atoms with E-state index in [0.29, 0.717) is 5.56 Å².